The van der Waals surface area contributed by atoms with Crippen LogP contribution in [0.15, 0.2) is 73.3 Å². The van der Waals surface area contributed by atoms with Crippen molar-refractivity contribution in [2.45, 2.75) is 58.7 Å². The molecular formula is C34H43N3O. The van der Waals surface area contributed by atoms with Gasteiger partial charge in [-0.1, -0.05) is 61.2 Å². The first-order chi connectivity index (χ1) is 18.5. The fraction of sp³-hybridized carbons (Fsp3) is 0.412. The van der Waals surface area contributed by atoms with E-state index < -0.39 is 0 Å². The Morgan fingerprint density at radius 3 is 2.47 bits per heavy atom. The van der Waals surface area contributed by atoms with Gasteiger partial charge >= 0.3 is 0 Å². The van der Waals surface area contributed by atoms with E-state index in [9.17, 15) is 0 Å². The molecular weight excluding hydrogens is 466 g/mol. The summed E-state index contributed by atoms with van der Waals surface area (Å²) < 4.78 is 6.29. The smallest absolute Gasteiger partial charge is 0.119 e. The van der Waals surface area contributed by atoms with E-state index in [0.29, 0.717) is 5.70 Å². The molecule has 1 saturated heterocycles. The monoisotopic (exact) mass is 509 g/mol. The first-order valence-electron chi connectivity index (χ1n) is 14.3. The molecule has 38 heavy (non-hydrogen) atoms. The van der Waals surface area contributed by atoms with Crippen LogP contribution in [0, 0.1) is 12.8 Å². The molecule has 0 bridgehead atoms. The second kappa shape index (κ2) is 12.6. The van der Waals surface area contributed by atoms with Crippen LogP contribution in [0.2, 0.25) is 0 Å². The van der Waals surface area contributed by atoms with Gasteiger partial charge in [0.05, 0.1) is 6.61 Å². The van der Waals surface area contributed by atoms with Gasteiger partial charge in [0.15, 0.2) is 0 Å². The third kappa shape index (κ3) is 7.06. The highest BCUT2D eigenvalue weighted by Gasteiger charge is 2.20. The van der Waals surface area contributed by atoms with E-state index in [1.165, 1.54) is 47.1 Å². The fourth-order valence-corrected chi connectivity index (χ4v) is 5.92. The SMILES string of the molecule is C=C(N)c1ccc(CN2CCC(CCOc3ccc4c(c3)CN(Cc3ccccc3C)CCC4)CC2)cc1. The van der Waals surface area contributed by atoms with Crippen LogP contribution in [0.1, 0.15) is 59.1 Å². The van der Waals surface area contributed by atoms with Crippen LogP contribution >= 0.6 is 0 Å². The number of aryl methyl sites for hydroxylation is 2. The highest BCUT2D eigenvalue weighted by molar-refractivity contribution is 5.60. The van der Waals surface area contributed by atoms with Crippen LogP contribution in [0.5, 0.6) is 5.75 Å². The summed E-state index contributed by atoms with van der Waals surface area (Å²) in [5.74, 6) is 1.78. The van der Waals surface area contributed by atoms with E-state index in [-0.39, 0.29) is 0 Å². The number of hydrogen-bond acceptors (Lipinski definition) is 4. The zero-order chi connectivity index (χ0) is 26.3. The normalized spacial score (nSPS) is 17.1. The highest BCUT2D eigenvalue weighted by Crippen LogP contribution is 2.27. The van der Waals surface area contributed by atoms with Gasteiger partial charge in [-0.15, -0.1) is 0 Å². The van der Waals surface area contributed by atoms with Crippen LogP contribution in [0.3, 0.4) is 0 Å². The molecule has 2 heterocycles. The standard InChI is InChI=1S/C34H43N3O/c1-26-6-3-4-7-32(26)24-37-18-5-8-31-13-14-34(22-33(31)25-37)38-21-17-28-15-19-36(20-16-28)23-29-9-11-30(12-10-29)27(2)35/h3-4,6-7,9-14,22,28H,2,5,8,15-21,23-25,35H2,1H3. The average molecular weight is 510 g/mol. The highest BCUT2D eigenvalue weighted by atomic mass is 16.5. The Morgan fingerprint density at radius 1 is 0.921 bits per heavy atom. The molecule has 0 aliphatic carbocycles. The second-order valence-corrected chi connectivity index (χ2v) is 11.3. The Balaban J connectivity index is 1.07. The van der Waals surface area contributed by atoms with Crippen molar-refractivity contribution in [2.24, 2.45) is 11.7 Å². The Bertz CT molecular complexity index is 1210. The van der Waals surface area contributed by atoms with Crippen molar-refractivity contribution in [3.8, 4) is 5.75 Å². The molecule has 4 nitrogen and oxygen atoms in total. The molecule has 0 amide bonds. The van der Waals surface area contributed by atoms with E-state index in [2.05, 4.69) is 90.0 Å². The third-order valence-electron chi connectivity index (χ3n) is 8.38. The maximum Gasteiger partial charge on any atom is 0.119 e. The number of rotatable bonds is 9. The molecule has 3 aromatic carbocycles. The van der Waals surface area contributed by atoms with Gasteiger partial charge in [-0.3, -0.25) is 9.80 Å². The lowest BCUT2D eigenvalue weighted by atomic mass is 9.93. The second-order valence-electron chi connectivity index (χ2n) is 11.3. The zero-order valence-electron chi connectivity index (χ0n) is 23.0. The Hall–Kier alpha value is -3.08. The van der Waals surface area contributed by atoms with Crippen LogP contribution in [-0.2, 0) is 26.1 Å². The lowest BCUT2D eigenvalue weighted by Crippen LogP contribution is -2.33. The largest absolute Gasteiger partial charge is 0.494 e. The molecule has 2 aliphatic heterocycles. The summed E-state index contributed by atoms with van der Waals surface area (Å²) in [6.07, 6.45) is 6.01. The van der Waals surface area contributed by atoms with Crippen molar-refractivity contribution in [3.05, 3.63) is 107 Å². The minimum Gasteiger partial charge on any atom is -0.494 e. The summed E-state index contributed by atoms with van der Waals surface area (Å²) in [6.45, 7) is 13.3. The van der Waals surface area contributed by atoms with E-state index in [4.69, 9.17) is 10.5 Å². The molecule has 5 rings (SSSR count). The van der Waals surface area contributed by atoms with E-state index in [1.807, 2.05) is 0 Å². The molecule has 4 heteroatoms. The molecule has 1 fully saturated rings. The van der Waals surface area contributed by atoms with E-state index in [1.54, 1.807) is 0 Å². The predicted molar refractivity (Wildman–Crippen MR) is 158 cm³/mol. The molecule has 0 unspecified atom stereocenters. The predicted octanol–water partition coefficient (Wildman–Crippen LogP) is 6.55. The molecule has 0 atom stereocenters. The summed E-state index contributed by atoms with van der Waals surface area (Å²) in [5, 5.41) is 0. The maximum atomic E-state index is 6.29. The van der Waals surface area contributed by atoms with Gasteiger partial charge in [-0.05, 0) is 110 Å². The summed E-state index contributed by atoms with van der Waals surface area (Å²) in [6, 6.07) is 24.1. The summed E-state index contributed by atoms with van der Waals surface area (Å²) in [5.41, 5.74) is 14.5. The first kappa shape index (κ1) is 26.5. The summed E-state index contributed by atoms with van der Waals surface area (Å²) >= 11 is 0. The van der Waals surface area contributed by atoms with Gasteiger partial charge in [0.1, 0.15) is 5.75 Å². The summed E-state index contributed by atoms with van der Waals surface area (Å²) in [4.78, 5) is 5.16. The first-order valence-corrected chi connectivity index (χ1v) is 14.3. The van der Waals surface area contributed by atoms with Gasteiger partial charge in [-0.25, -0.2) is 0 Å². The molecule has 2 N–H and O–H groups in total. The number of nitrogens with zero attached hydrogens (tertiary/aromatic N) is 2. The fourth-order valence-electron chi connectivity index (χ4n) is 5.92. The number of hydrogen-bond donors (Lipinski definition) is 1. The molecule has 0 aromatic heterocycles. The van der Waals surface area contributed by atoms with Gasteiger partial charge in [-0.2, -0.15) is 0 Å². The number of likely N-dealkylation sites (tertiary alicyclic amines) is 1. The van der Waals surface area contributed by atoms with Crippen molar-refractivity contribution in [1.82, 2.24) is 9.80 Å². The van der Waals surface area contributed by atoms with Crippen molar-refractivity contribution in [1.29, 1.82) is 0 Å². The van der Waals surface area contributed by atoms with Crippen LogP contribution in [0.4, 0.5) is 0 Å². The van der Waals surface area contributed by atoms with Crippen molar-refractivity contribution in [2.75, 3.05) is 26.2 Å². The lowest BCUT2D eigenvalue weighted by molar-refractivity contribution is 0.157. The Kier molecular flexibility index (Phi) is 8.83. The molecule has 0 radical (unpaired) electrons. The van der Waals surface area contributed by atoms with Gasteiger partial charge < -0.3 is 10.5 Å². The molecule has 0 saturated carbocycles. The van der Waals surface area contributed by atoms with Gasteiger partial charge in [0.25, 0.3) is 0 Å². The van der Waals surface area contributed by atoms with E-state index in [0.717, 1.165) is 75.9 Å². The molecule has 3 aromatic rings. The number of ether oxygens (including phenoxy) is 1. The van der Waals surface area contributed by atoms with Crippen molar-refractivity contribution < 1.29 is 4.74 Å². The van der Waals surface area contributed by atoms with Crippen LogP contribution in [0.25, 0.3) is 5.70 Å². The third-order valence-corrected chi connectivity index (χ3v) is 8.38. The summed E-state index contributed by atoms with van der Waals surface area (Å²) in [7, 11) is 0. The Labute approximate surface area is 229 Å². The topological polar surface area (TPSA) is 41.7 Å². The van der Waals surface area contributed by atoms with Gasteiger partial charge in [0.2, 0.25) is 0 Å². The average Bonchev–Trinajstić information content (AvgIpc) is 3.12. The molecule has 2 aliphatic rings. The van der Waals surface area contributed by atoms with Crippen LogP contribution in [-0.4, -0.2) is 36.0 Å². The maximum absolute atomic E-state index is 6.29. The zero-order valence-corrected chi connectivity index (χ0v) is 23.0. The number of fused-ring (bicyclic) bond motifs is 1. The minimum absolute atomic E-state index is 0.630. The van der Waals surface area contributed by atoms with Gasteiger partial charge in [0, 0.05) is 25.3 Å². The van der Waals surface area contributed by atoms with Crippen LogP contribution < -0.4 is 10.5 Å². The van der Waals surface area contributed by atoms with E-state index >= 15 is 0 Å². The molecule has 0 spiro atoms. The number of nitrogens with two attached hydrogens (primary N) is 1. The minimum atomic E-state index is 0.630. The number of benzene rings is 3. The quantitative estimate of drug-likeness (QED) is 0.355. The van der Waals surface area contributed by atoms with Crippen molar-refractivity contribution >= 4 is 5.70 Å². The number of piperidine rings is 1. The lowest BCUT2D eigenvalue weighted by Gasteiger charge is -2.32. The Morgan fingerprint density at radius 2 is 1.71 bits per heavy atom. The van der Waals surface area contributed by atoms with Crippen molar-refractivity contribution in [3.63, 3.8) is 0 Å². The molecule has 200 valence electrons.